The minimum absolute atomic E-state index is 0.00235. The van der Waals surface area contributed by atoms with Crippen LogP contribution in [0, 0.1) is 65.1 Å². The predicted octanol–water partition coefficient (Wildman–Crippen LogP) is 15.9. The van der Waals surface area contributed by atoms with Gasteiger partial charge in [-0.25, -0.2) is 58.0 Å². The SMILES string of the molecule is C=S(=O)(c1ccc(F)cc1)N(CC(F)(F)F)[C@H]1CCC2=Cc3c(cnn3-c3ccc(F)cc3)C[C@]2(C(=O)c2cc(F)ccn2)C1.C=S(=O)(c1cnn(C)c1)[C@H](C)[C@H]1CCC2=Cc3c(cnn3-c3ccc(F)cc3)C[C@]2(C(=O)c2ncc(C)s2)C1.C=S(=O)(c1cnn(C)n1)N([C@H]1CCOC1)[C@H]1CCC2=Cc3c(cnn3-c3ccc(F)cc3)C[C@]2(C(=O)c2cc(C)ccn2)C1. The zero-order valence-corrected chi connectivity index (χ0v) is 73.7. The van der Waals surface area contributed by atoms with Crippen LogP contribution in [0.2, 0.25) is 0 Å². The number of aromatic nitrogens is 14. The highest BCUT2D eigenvalue weighted by Gasteiger charge is 2.56. The summed E-state index contributed by atoms with van der Waals surface area (Å²) in [6.45, 7) is 5.30. The topological polar surface area (TPSA) is 259 Å². The van der Waals surface area contributed by atoms with E-state index in [1.54, 1.807) is 95.7 Å². The second-order valence-electron chi connectivity index (χ2n) is 34.0. The number of aryl methyl sites for hydroxylation is 4. The molecule has 128 heavy (non-hydrogen) atoms. The first-order valence-electron chi connectivity index (χ1n) is 41.6. The van der Waals surface area contributed by atoms with Crippen LogP contribution in [0.3, 0.4) is 0 Å². The smallest absolute Gasteiger partial charge is 0.380 e. The number of alkyl halides is 3. The third-order valence-electron chi connectivity index (χ3n) is 25.9. The third-order valence-corrected chi connectivity index (χ3v) is 33.7. The van der Waals surface area contributed by atoms with E-state index in [4.69, 9.17) is 4.74 Å². The van der Waals surface area contributed by atoms with Crippen molar-refractivity contribution < 1.29 is 66.9 Å². The summed E-state index contributed by atoms with van der Waals surface area (Å²) in [6.07, 6.45) is 21.1. The summed E-state index contributed by atoms with van der Waals surface area (Å²) in [5.74, 6) is 9.03. The molecule has 7 aliphatic rings. The molecule has 4 aromatic carbocycles. The lowest BCUT2D eigenvalue weighted by molar-refractivity contribution is -0.140. The number of Topliss-reactive ketones (excluding diaryl/α,β-unsaturated/α-hetero) is 3. The number of ether oxygens (including phenoxy) is 1. The van der Waals surface area contributed by atoms with Crippen LogP contribution in [-0.2, 0) is 67.0 Å². The summed E-state index contributed by atoms with van der Waals surface area (Å²) >= 11 is 1.42. The fourth-order valence-electron chi connectivity index (χ4n) is 19.5. The number of allylic oxidation sites excluding steroid dienone is 3. The highest BCUT2D eigenvalue weighted by molar-refractivity contribution is 8.01. The van der Waals surface area contributed by atoms with Gasteiger partial charge in [-0.1, -0.05) is 23.6 Å². The quantitative estimate of drug-likeness (QED) is 0.0390. The Kier molecular flexibility index (Phi) is 23.8. The molecule has 1 aliphatic heterocycles. The van der Waals surface area contributed by atoms with Gasteiger partial charge in [0.1, 0.15) is 47.0 Å². The number of thiazole rings is 1. The molecule has 0 spiro atoms. The van der Waals surface area contributed by atoms with Crippen molar-refractivity contribution in [2.75, 3.05) is 19.8 Å². The lowest BCUT2D eigenvalue weighted by atomic mass is 9.59. The first-order valence-corrected chi connectivity index (χ1v) is 47.6. The fourth-order valence-corrected chi connectivity index (χ4v) is 26.0. The van der Waals surface area contributed by atoms with Crippen molar-refractivity contribution in [1.82, 2.24) is 77.7 Å². The molecule has 664 valence electrons. The van der Waals surface area contributed by atoms with Crippen molar-refractivity contribution in [1.29, 1.82) is 0 Å². The van der Waals surface area contributed by atoms with Crippen LogP contribution in [0.4, 0.5) is 35.1 Å². The van der Waals surface area contributed by atoms with Crippen molar-refractivity contribution >= 4 is 93.5 Å². The molecule has 4 fully saturated rings. The third kappa shape index (κ3) is 16.9. The van der Waals surface area contributed by atoms with Gasteiger partial charge in [-0.05, 0) is 277 Å². The predicted molar refractivity (Wildman–Crippen MR) is 473 cm³/mol. The first kappa shape index (κ1) is 88.4. The Morgan fingerprint density at radius 1 is 0.539 bits per heavy atom. The van der Waals surface area contributed by atoms with Crippen molar-refractivity contribution in [3.05, 3.63) is 284 Å². The molecule has 0 radical (unpaired) electrons. The van der Waals surface area contributed by atoms with Crippen LogP contribution >= 0.6 is 11.3 Å². The van der Waals surface area contributed by atoms with Crippen molar-refractivity contribution in [3.63, 3.8) is 0 Å². The molecule has 19 rings (SSSR count). The normalized spacial score (nSPS) is 22.8. The van der Waals surface area contributed by atoms with Gasteiger partial charge >= 0.3 is 6.18 Å². The Bertz CT molecular complexity index is 6770. The highest BCUT2D eigenvalue weighted by Crippen LogP contribution is 2.57. The summed E-state index contributed by atoms with van der Waals surface area (Å²) in [7, 11) is -6.02. The van der Waals surface area contributed by atoms with Gasteiger partial charge in [-0.3, -0.25) is 33.2 Å². The molecule has 9 heterocycles. The molecular weight excluding hydrogens is 1730 g/mol. The lowest BCUT2D eigenvalue weighted by Crippen LogP contribution is -2.54. The van der Waals surface area contributed by atoms with Crippen LogP contribution in [0.5, 0.6) is 0 Å². The van der Waals surface area contributed by atoms with Gasteiger partial charge in [0.25, 0.3) is 0 Å². The van der Waals surface area contributed by atoms with Crippen LogP contribution in [0.25, 0.3) is 35.3 Å². The van der Waals surface area contributed by atoms with Gasteiger partial charge in [-0.2, -0.15) is 43.5 Å². The van der Waals surface area contributed by atoms with E-state index in [9.17, 15) is 62.1 Å². The van der Waals surface area contributed by atoms with Crippen molar-refractivity contribution in [2.45, 2.75) is 149 Å². The minimum atomic E-state index is -4.78. The number of rotatable bonds is 20. The maximum Gasteiger partial charge on any atom is 0.402 e. The molecule has 23 nitrogen and oxygen atoms in total. The number of fused-ring (bicyclic) bond motifs is 6. The Morgan fingerprint density at radius 3 is 1.48 bits per heavy atom. The average molecular weight is 1820 g/mol. The van der Waals surface area contributed by atoms with Gasteiger partial charge < -0.3 is 4.74 Å². The summed E-state index contributed by atoms with van der Waals surface area (Å²) in [6, 6.07) is 26.7. The van der Waals surface area contributed by atoms with E-state index in [1.165, 1.54) is 77.1 Å². The van der Waals surface area contributed by atoms with Crippen molar-refractivity contribution in [3.8, 4) is 17.1 Å². The molecule has 3 saturated carbocycles. The number of nitrogens with zero attached hydrogens (tertiary/aromatic N) is 16. The number of hydrogen-bond acceptors (Lipinski definition) is 17. The van der Waals surface area contributed by atoms with E-state index in [0.717, 1.165) is 109 Å². The molecule has 12 aromatic rings. The van der Waals surface area contributed by atoms with E-state index >= 15 is 0 Å². The molecule has 35 heteroatoms. The summed E-state index contributed by atoms with van der Waals surface area (Å²) < 4.78 is 169. The van der Waals surface area contributed by atoms with Crippen LogP contribution < -0.4 is 0 Å². The summed E-state index contributed by atoms with van der Waals surface area (Å²) in [5.41, 5.74) is 7.52. The van der Waals surface area contributed by atoms with Crippen LogP contribution in [-0.4, -0.2) is 175 Å². The number of carbonyl (C=O) groups is 3. The molecule has 1 saturated heterocycles. The minimum Gasteiger partial charge on any atom is -0.380 e. The van der Waals surface area contributed by atoms with Gasteiger partial charge in [0, 0.05) is 94.2 Å². The second-order valence-corrected chi connectivity index (χ2v) is 42.3. The summed E-state index contributed by atoms with van der Waals surface area (Å²) in [4.78, 5) is 59.4. The molecule has 0 bridgehead atoms. The first-order chi connectivity index (χ1) is 61.0. The van der Waals surface area contributed by atoms with Gasteiger partial charge in [0.05, 0.1) is 112 Å². The van der Waals surface area contributed by atoms with E-state index in [-0.39, 0.29) is 82.7 Å². The Hall–Kier alpha value is -11.6. The zero-order valence-electron chi connectivity index (χ0n) is 70.5. The van der Waals surface area contributed by atoms with Gasteiger partial charge in [0.15, 0.2) is 21.6 Å². The molecule has 0 N–H and O–H groups in total. The van der Waals surface area contributed by atoms with E-state index in [1.807, 2.05) is 41.9 Å². The summed E-state index contributed by atoms with van der Waals surface area (Å²) in [5, 5.41) is 27.1. The Balaban J connectivity index is 0.000000135. The number of carbonyl (C=O) groups excluding carboxylic acids is 3. The highest BCUT2D eigenvalue weighted by atomic mass is 32.2. The van der Waals surface area contributed by atoms with Crippen LogP contribution in [0.1, 0.15) is 146 Å². The number of halogens is 8. The molecule has 6 aliphatic carbocycles. The Morgan fingerprint density at radius 2 is 1.02 bits per heavy atom. The second kappa shape index (κ2) is 34.4. The monoisotopic (exact) mass is 1820 g/mol. The van der Waals surface area contributed by atoms with Crippen molar-refractivity contribution in [2.24, 2.45) is 36.3 Å². The van der Waals surface area contributed by atoms with E-state index in [0.29, 0.717) is 108 Å². The molecule has 0 amide bonds. The maximum absolute atomic E-state index is 14.7. The van der Waals surface area contributed by atoms with Crippen LogP contribution in [0.15, 0.2) is 209 Å². The molecule has 3 unspecified atom stereocenters. The molecule has 11 atom stereocenters. The number of hydrogen-bond donors (Lipinski definition) is 0. The Labute approximate surface area is 738 Å². The molecular formula is C93H90F8N16O7S4. The standard InChI is InChI=1S/C32H26F6N4O2S.C32H34FN7O3S.C29H30FN5O2S2/c1-45(44,27-10-5-23(34)6-11-27)41(19-32(36,37)38)26-7-2-21-14-29-20(18-40-42(29)25-8-3-22(33)4-9-25)16-31(21,17-26)30(43)28-15-24(35)12-13-39-28;1-21-10-12-34-28(14-21)31(41)32-16-22-18-36-39(25-8-5-24(33)6-9-25)29(22)15-23(32)4-7-26(17-32)40(27-11-13-43-20-27)44(3,42)30-19-35-38(2)37-30;1-18-14-31-28(38-18)27(36)29-12-20(19(2)39(4,37)25-16-32-34(3)17-25)5-6-22(29)11-26-21(13-29)15-33-35(26)24-9-7-23(30)8-10-24/h3-6,8-15,18,26H,1-2,7,16-17,19H2;5-6,8-10,12,14-15,18-19,26-27H,3-4,7,11,13,16-17,20H2,1-2H3;7-11,14-17,19-20H,4-6,12-13H2,1-3H3/t26-,31-,45?;26-,27-,32-,44?;19-,20+,29-,39?/m001/s1. The maximum atomic E-state index is 14.7. The fraction of sp³-hybridized carbons (Fsp3) is 0.323. The lowest BCUT2D eigenvalue weighted by Gasteiger charge is -2.48. The van der Waals surface area contributed by atoms with E-state index in [2.05, 4.69) is 75.3 Å². The largest absolute Gasteiger partial charge is 0.402 e. The number of benzene rings is 4. The number of ketones is 3. The van der Waals surface area contributed by atoms with Gasteiger partial charge in [-0.15, -0.1) is 16.4 Å². The van der Waals surface area contributed by atoms with Gasteiger partial charge in [0.2, 0.25) is 5.78 Å². The average Bonchev–Trinajstić information content (AvgIpc) is 1.71. The number of pyridine rings is 2. The van der Waals surface area contributed by atoms with E-state index < -0.39 is 87.2 Å². The molecule has 8 aromatic heterocycles. The zero-order chi connectivity index (χ0) is 90.3.